The first-order chi connectivity index (χ1) is 12.7. The van der Waals surface area contributed by atoms with Crippen molar-refractivity contribution in [2.45, 2.75) is 33.4 Å². The normalized spacial score (nSPS) is 17.7. The minimum atomic E-state index is 0.557. The zero-order chi connectivity index (χ0) is 18.4. The zero-order valence-electron chi connectivity index (χ0n) is 15.9. The van der Waals surface area contributed by atoms with E-state index in [1.165, 1.54) is 10.4 Å². The molecule has 1 aromatic heterocycles. The Morgan fingerprint density at radius 3 is 2.85 bits per heavy atom. The molecule has 3 rings (SSSR count). The molecule has 2 aromatic rings. The highest BCUT2D eigenvalue weighted by molar-refractivity contribution is 7.11. The lowest BCUT2D eigenvalue weighted by Gasteiger charge is -2.21. The van der Waals surface area contributed by atoms with Crippen molar-refractivity contribution in [1.82, 2.24) is 15.2 Å². The smallest absolute Gasteiger partial charge is 0.194 e. The van der Waals surface area contributed by atoms with Gasteiger partial charge in [0.25, 0.3) is 0 Å². The number of thiazole rings is 1. The Bertz CT molecular complexity index is 709. The van der Waals surface area contributed by atoms with E-state index in [1.807, 2.05) is 13.1 Å². The molecule has 1 fully saturated rings. The van der Waals surface area contributed by atoms with Gasteiger partial charge in [0.2, 0.25) is 0 Å². The van der Waals surface area contributed by atoms with Crippen LogP contribution in [0.4, 0.5) is 0 Å². The van der Waals surface area contributed by atoms with Gasteiger partial charge in [0.05, 0.1) is 25.5 Å². The number of aryl methyl sites for hydroxylation is 2. The molecule has 1 atom stereocenters. The van der Waals surface area contributed by atoms with Crippen LogP contribution in [0.3, 0.4) is 0 Å². The number of nitrogens with zero attached hydrogens (tertiary/aromatic N) is 3. The van der Waals surface area contributed by atoms with Crippen molar-refractivity contribution < 1.29 is 4.74 Å². The second kappa shape index (κ2) is 9.14. The summed E-state index contributed by atoms with van der Waals surface area (Å²) in [5, 5.41) is 4.57. The minimum absolute atomic E-state index is 0.557. The van der Waals surface area contributed by atoms with Crippen LogP contribution >= 0.6 is 11.3 Å². The number of nitrogens with one attached hydrogen (secondary N) is 1. The molecule has 0 radical (unpaired) electrons. The Labute approximate surface area is 160 Å². The van der Waals surface area contributed by atoms with Gasteiger partial charge in [0.15, 0.2) is 5.96 Å². The second-order valence-corrected chi connectivity index (χ2v) is 8.04. The Balaban J connectivity index is 1.42. The molecule has 140 valence electrons. The molecule has 1 N–H and O–H groups in total. The number of likely N-dealkylation sites (tertiary alicyclic amines) is 1. The highest BCUT2D eigenvalue weighted by Crippen LogP contribution is 2.19. The fourth-order valence-corrected chi connectivity index (χ4v) is 4.05. The summed E-state index contributed by atoms with van der Waals surface area (Å²) in [6.45, 7) is 8.41. The topological polar surface area (TPSA) is 49.8 Å². The highest BCUT2D eigenvalue weighted by atomic mass is 32.1. The zero-order valence-corrected chi connectivity index (χ0v) is 16.7. The van der Waals surface area contributed by atoms with Gasteiger partial charge >= 0.3 is 0 Å². The Morgan fingerprint density at radius 2 is 2.15 bits per heavy atom. The number of guanidine groups is 1. The van der Waals surface area contributed by atoms with Crippen molar-refractivity contribution in [3.63, 3.8) is 0 Å². The molecule has 0 saturated carbocycles. The van der Waals surface area contributed by atoms with Crippen LogP contribution in [-0.2, 0) is 17.9 Å². The van der Waals surface area contributed by atoms with E-state index in [4.69, 9.17) is 4.74 Å². The molecule has 0 spiro atoms. The number of hydrogen-bond donors (Lipinski definition) is 1. The molecule has 1 unspecified atom stereocenters. The van der Waals surface area contributed by atoms with Gasteiger partial charge in [0.1, 0.15) is 5.01 Å². The maximum atomic E-state index is 5.92. The quantitative estimate of drug-likeness (QED) is 0.624. The molecular formula is C20H28N4OS. The molecule has 5 nitrogen and oxygen atoms in total. The Hall–Kier alpha value is -1.92. The van der Waals surface area contributed by atoms with Crippen LogP contribution in [0, 0.1) is 19.8 Å². The number of ether oxygens (including phenoxy) is 1. The first kappa shape index (κ1) is 18.9. The third-order valence-electron chi connectivity index (χ3n) is 4.73. The number of aromatic nitrogens is 1. The molecule has 1 saturated heterocycles. The first-order valence-corrected chi connectivity index (χ1v) is 9.97. The monoisotopic (exact) mass is 372 g/mol. The molecule has 6 heteroatoms. The van der Waals surface area contributed by atoms with Crippen LogP contribution < -0.4 is 5.32 Å². The van der Waals surface area contributed by atoms with Crippen molar-refractivity contribution >= 4 is 17.3 Å². The molecular weight excluding hydrogens is 344 g/mol. The van der Waals surface area contributed by atoms with Gasteiger partial charge < -0.3 is 15.0 Å². The molecule has 0 amide bonds. The fourth-order valence-electron chi connectivity index (χ4n) is 3.18. The molecule has 0 aliphatic carbocycles. The maximum Gasteiger partial charge on any atom is 0.194 e. The summed E-state index contributed by atoms with van der Waals surface area (Å²) in [6.07, 6.45) is 1.14. The van der Waals surface area contributed by atoms with Crippen LogP contribution in [0.5, 0.6) is 0 Å². The van der Waals surface area contributed by atoms with E-state index in [0.717, 1.165) is 49.3 Å². The summed E-state index contributed by atoms with van der Waals surface area (Å²) < 4.78 is 5.92. The summed E-state index contributed by atoms with van der Waals surface area (Å²) in [4.78, 5) is 12.6. The van der Waals surface area contributed by atoms with Gasteiger partial charge in [-0.1, -0.05) is 30.3 Å². The Morgan fingerprint density at radius 1 is 1.35 bits per heavy atom. The molecule has 1 aromatic carbocycles. The van der Waals surface area contributed by atoms with Crippen LogP contribution in [-0.4, -0.2) is 42.6 Å². The predicted molar refractivity (Wildman–Crippen MR) is 108 cm³/mol. The van der Waals surface area contributed by atoms with E-state index in [-0.39, 0.29) is 0 Å². The van der Waals surface area contributed by atoms with Crippen LogP contribution in [0.1, 0.15) is 27.6 Å². The largest absolute Gasteiger partial charge is 0.376 e. The van der Waals surface area contributed by atoms with Crippen molar-refractivity contribution in [1.29, 1.82) is 0 Å². The fraction of sp³-hybridized carbons (Fsp3) is 0.500. The van der Waals surface area contributed by atoms with Crippen LogP contribution in [0.25, 0.3) is 0 Å². The number of benzene rings is 1. The summed E-state index contributed by atoms with van der Waals surface area (Å²) in [5.74, 6) is 1.52. The minimum Gasteiger partial charge on any atom is -0.376 e. The number of aliphatic imine (C=N–C) groups is 1. The van der Waals surface area contributed by atoms with E-state index in [9.17, 15) is 0 Å². The van der Waals surface area contributed by atoms with Crippen molar-refractivity contribution in [2.24, 2.45) is 10.9 Å². The number of hydrogen-bond acceptors (Lipinski definition) is 4. The Kier molecular flexibility index (Phi) is 6.63. The third-order valence-corrected chi connectivity index (χ3v) is 5.81. The summed E-state index contributed by atoms with van der Waals surface area (Å²) >= 11 is 1.75. The van der Waals surface area contributed by atoms with Gasteiger partial charge in [-0.25, -0.2) is 4.98 Å². The van der Waals surface area contributed by atoms with Crippen LogP contribution in [0.2, 0.25) is 0 Å². The molecule has 1 aliphatic rings. The lowest BCUT2D eigenvalue weighted by Crippen LogP contribution is -2.39. The maximum absolute atomic E-state index is 5.92. The molecule has 2 heterocycles. The van der Waals surface area contributed by atoms with Crippen LogP contribution in [0.15, 0.2) is 35.3 Å². The lowest BCUT2D eigenvalue weighted by molar-refractivity contribution is 0.0906. The third kappa shape index (κ3) is 5.05. The van der Waals surface area contributed by atoms with Gasteiger partial charge in [-0.05, 0) is 25.8 Å². The van der Waals surface area contributed by atoms with E-state index < -0.39 is 0 Å². The molecule has 0 bridgehead atoms. The summed E-state index contributed by atoms with van der Waals surface area (Å²) in [7, 11) is 1.85. The SMILES string of the molecule is CN=C(NCc1nc(C)c(C)s1)N1CCC(COCc2ccccc2)C1. The second-order valence-electron chi connectivity index (χ2n) is 6.75. The van der Waals surface area contributed by atoms with Gasteiger partial charge in [0, 0.05) is 30.9 Å². The van der Waals surface area contributed by atoms with E-state index in [0.29, 0.717) is 12.5 Å². The van der Waals surface area contributed by atoms with E-state index in [1.54, 1.807) is 11.3 Å². The average molecular weight is 373 g/mol. The highest BCUT2D eigenvalue weighted by Gasteiger charge is 2.25. The standard InChI is InChI=1S/C20H28N4OS/c1-15-16(2)26-19(23-15)11-22-20(21-3)24-10-9-18(12-24)14-25-13-17-7-5-4-6-8-17/h4-8,18H,9-14H2,1-3H3,(H,21,22). The first-order valence-electron chi connectivity index (χ1n) is 9.16. The van der Waals surface area contributed by atoms with Crippen molar-refractivity contribution in [3.8, 4) is 0 Å². The van der Waals surface area contributed by atoms with E-state index >= 15 is 0 Å². The van der Waals surface area contributed by atoms with Gasteiger partial charge in [-0.2, -0.15) is 0 Å². The molecule has 1 aliphatic heterocycles. The summed E-state index contributed by atoms with van der Waals surface area (Å²) in [6, 6.07) is 10.4. The number of rotatable bonds is 6. The van der Waals surface area contributed by atoms with E-state index in [2.05, 4.69) is 58.3 Å². The van der Waals surface area contributed by atoms with Gasteiger partial charge in [-0.3, -0.25) is 4.99 Å². The predicted octanol–water partition coefficient (Wildman–Crippen LogP) is 3.37. The lowest BCUT2D eigenvalue weighted by atomic mass is 10.1. The summed E-state index contributed by atoms with van der Waals surface area (Å²) in [5.41, 5.74) is 2.35. The van der Waals surface area contributed by atoms with Crippen molar-refractivity contribution in [3.05, 3.63) is 51.5 Å². The van der Waals surface area contributed by atoms with Gasteiger partial charge in [-0.15, -0.1) is 11.3 Å². The average Bonchev–Trinajstić information content (AvgIpc) is 3.24. The molecule has 26 heavy (non-hydrogen) atoms. The van der Waals surface area contributed by atoms with Crippen molar-refractivity contribution in [2.75, 3.05) is 26.7 Å².